The Hall–Kier alpha value is -2.40. The van der Waals surface area contributed by atoms with Gasteiger partial charge in [0.1, 0.15) is 5.58 Å². The van der Waals surface area contributed by atoms with Crippen molar-refractivity contribution in [2.75, 3.05) is 0 Å². The largest absolute Gasteiger partial charge is 0.453 e. The third kappa shape index (κ3) is 2.19. The van der Waals surface area contributed by atoms with Crippen LogP contribution in [0.3, 0.4) is 0 Å². The summed E-state index contributed by atoms with van der Waals surface area (Å²) in [5.74, 6) is 1.10. The Bertz CT molecular complexity index is 1090. The number of hydrogen-bond acceptors (Lipinski definition) is 3. The minimum Gasteiger partial charge on any atom is -0.453 e. The van der Waals surface area contributed by atoms with Gasteiger partial charge in [0, 0.05) is 16.9 Å². The second-order valence-corrected chi connectivity index (χ2v) is 6.45. The molecule has 4 rings (SSSR count). The molecule has 0 aliphatic rings. The minimum atomic E-state index is -0.0881. The maximum Gasteiger partial charge on any atom is 0.261 e. The third-order valence-electron chi connectivity index (χ3n) is 3.92. The van der Waals surface area contributed by atoms with Crippen molar-refractivity contribution in [3.05, 3.63) is 62.9 Å². The lowest BCUT2D eigenvalue weighted by Gasteiger charge is -2.08. The molecule has 0 fully saturated rings. The van der Waals surface area contributed by atoms with Gasteiger partial charge >= 0.3 is 0 Å². The monoisotopic (exact) mass is 368 g/mol. The van der Waals surface area contributed by atoms with Crippen molar-refractivity contribution in [1.29, 1.82) is 0 Å². The zero-order chi connectivity index (χ0) is 16.1. The van der Waals surface area contributed by atoms with E-state index in [0.717, 1.165) is 21.0 Å². The van der Waals surface area contributed by atoms with Crippen molar-refractivity contribution in [2.24, 2.45) is 7.05 Å². The molecule has 0 N–H and O–H groups in total. The Labute approximate surface area is 140 Å². The lowest BCUT2D eigenvalue weighted by molar-refractivity contribution is 0.617. The highest BCUT2D eigenvalue weighted by atomic mass is 79.9. The van der Waals surface area contributed by atoms with Crippen LogP contribution in [0.2, 0.25) is 0 Å². The molecule has 0 spiro atoms. The van der Waals surface area contributed by atoms with Crippen LogP contribution in [0.25, 0.3) is 33.5 Å². The molecule has 0 bridgehead atoms. The highest BCUT2D eigenvalue weighted by Gasteiger charge is 2.15. The quantitative estimate of drug-likeness (QED) is 0.499. The van der Waals surface area contributed by atoms with Crippen molar-refractivity contribution in [2.45, 2.75) is 6.92 Å². The van der Waals surface area contributed by atoms with Gasteiger partial charge in [-0.3, -0.25) is 9.36 Å². The first-order valence-corrected chi connectivity index (χ1v) is 8.00. The summed E-state index contributed by atoms with van der Waals surface area (Å²) >= 11 is 3.51. The summed E-state index contributed by atoms with van der Waals surface area (Å²) < 4.78 is 8.21. The van der Waals surface area contributed by atoms with Crippen LogP contribution in [0.4, 0.5) is 0 Å². The summed E-state index contributed by atoms with van der Waals surface area (Å²) in [6.07, 6.45) is 0. The number of hydrogen-bond donors (Lipinski definition) is 0. The number of fused-ring (bicyclic) bond motifs is 2. The predicted molar refractivity (Wildman–Crippen MR) is 94.6 cm³/mol. The molecule has 0 saturated carbocycles. The molecule has 2 aromatic carbocycles. The Morgan fingerprint density at radius 1 is 1.17 bits per heavy atom. The van der Waals surface area contributed by atoms with E-state index in [9.17, 15) is 4.79 Å². The molecule has 4 nitrogen and oxygen atoms in total. The van der Waals surface area contributed by atoms with Crippen LogP contribution in [-0.4, -0.2) is 9.55 Å². The third-order valence-corrected chi connectivity index (χ3v) is 4.53. The first-order valence-electron chi connectivity index (χ1n) is 7.20. The van der Waals surface area contributed by atoms with E-state index in [0.29, 0.717) is 22.5 Å². The molecular formula is C18H13BrN2O2. The fraction of sp³-hybridized carbons (Fsp3) is 0.111. The SMILES string of the molecule is Cc1cc(Br)c2nc(-c3cc4ccccc4o3)n(C)c(=O)c2c1. The first-order chi connectivity index (χ1) is 11.0. The van der Waals surface area contributed by atoms with E-state index in [1.165, 1.54) is 4.57 Å². The highest BCUT2D eigenvalue weighted by molar-refractivity contribution is 9.10. The first kappa shape index (κ1) is 14.2. The van der Waals surface area contributed by atoms with Crippen molar-refractivity contribution in [3.8, 4) is 11.6 Å². The Balaban J connectivity index is 2.07. The number of rotatable bonds is 1. The standard InChI is InChI=1S/C18H13BrN2O2/c1-10-7-12-16(13(19)8-10)20-17(21(2)18(12)22)15-9-11-5-3-4-6-14(11)23-15/h3-9H,1-2H3. The minimum absolute atomic E-state index is 0.0881. The van der Waals surface area contributed by atoms with Crippen LogP contribution in [-0.2, 0) is 7.05 Å². The normalized spacial score (nSPS) is 11.4. The van der Waals surface area contributed by atoms with Crippen LogP contribution in [0.1, 0.15) is 5.56 Å². The number of aryl methyl sites for hydroxylation is 1. The van der Waals surface area contributed by atoms with Crippen molar-refractivity contribution in [3.63, 3.8) is 0 Å². The lowest BCUT2D eigenvalue weighted by atomic mass is 10.1. The van der Waals surface area contributed by atoms with Gasteiger partial charge in [-0.25, -0.2) is 4.98 Å². The Morgan fingerprint density at radius 2 is 1.96 bits per heavy atom. The van der Waals surface area contributed by atoms with E-state index < -0.39 is 0 Å². The van der Waals surface area contributed by atoms with Crippen molar-refractivity contribution < 1.29 is 4.42 Å². The van der Waals surface area contributed by atoms with Crippen LogP contribution in [0.15, 0.2) is 56.1 Å². The van der Waals surface area contributed by atoms with Gasteiger partial charge in [-0.15, -0.1) is 0 Å². The fourth-order valence-corrected chi connectivity index (χ4v) is 3.44. The van der Waals surface area contributed by atoms with Gasteiger partial charge in [-0.2, -0.15) is 0 Å². The van der Waals surface area contributed by atoms with Gasteiger partial charge in [0.2, 0.25) is 0 Å². The van der Waals surface area contributed by atoms with E-state index in [-0.39, 0.29) is 5.56 Å². The number of benzene rings is 2. The summed E-state index contributed by atoms with van der Waals surface area (Å²) in [6.45, 7) is 1.96. The van der Waals surface area contributed by atoms with Gasteiger partial charge in [-0.05, 0) is 52.7 Å². The van der Waals surface area contributed by atoms with Crippen LogP contribution >= 0.6 is 15.9 Å². The smallest absolute Gasteiger partial charge is 0.261 e. The number of aromatic nitrogens is 2. The molecule has 0 aliphatic carbocycles. The molecule has 0 amide bonds. The van der Waals surface area contributed by atoms with Gasteiger partial charge in [0.15, 0.2) is 11.6 Å². The summed E-state index contributed by atoms with van der Waals surface area (Å²) in [5, 5.41) is 1.58. The summed E-state index contributed by atoms with van der Waals surface area (Å²) in [7, 11) is 1.72. The molecular weight excluding hydrogens is 356 g/mol. The van der Waals surface area contributed by atoms with Crippen LogP contribution < -0.4 is 5.56 Å². The van der Waals surface area contributed by atoms with Gasteiger partial charge < -0.3 is 4.42 Å². The second kappa shape index (κ2) is 5.06. The maximum atomic E-state index is 12.7. The van der Waals surface area contributed by atoms with E-state index in [1.807, 2.05) is 49.4 Å². The Morgan fingerprint density at radius 3 is 2.74 bits per heavy atom. The summed E-state index contributed by atoms with van der Waals surface area (Å²) in [4.78, 5) is 17.4. The molecule has 0 aliphatic heterocycles. The molecule has 0 atom stereocenters. The van der Waals surface area contributed by atoms with E-state index in [2.05, 4.69) is 20.9 Å². The zero-order valence-electron chi connectivity index (χ0n) is 12.6. The predicted octanol–water partition coefficient (Wildman–Crippen LogP) is 4.42. The number of halogens is 1. The molecule has 0 radical (unpaired) electrons. The topological polar surface area (TPSA) is 48.0 Å². The van der Waals surface area contributed by atoms with Crippen molar-refractivity contribution in [1.82, 2.24) is 9.55 Å². The molecule has 0 unspecified atom stereocenters. The average Bonchev–Trinajstić information content (AvgIpc) is 2.95. The van der Waals surface area contributed by atoms with Gasteiger partial charge in [0.25, 0.3) is 5.56 Å². The van der Waals surface area contributed by atoms with Crippen molar-refractivity contribution >= 4 is 37.8 Å². The molecule has 23 heavy (non-hydrogen) atoms. The highest BCUT2D eigenvalue weighted by Crippen LogP contribution is 2.28. The van der Waals surface area contributed by atoms with E-state index in [1.54, 1.807) is 7.05 Å². The molecule has 2 heterocycles. The van der Waals surface area contributed by atoms with E-state index >= 15 is 0 Å². The number of nitrogens with zero attached hydrogens (tertiary/aromatic N) is 2. The summed E-state index contributed by atoms with van der Waals surface area (Å²) in [5.41, 5.74) is 2.35. The van der Waals surface area contributed by atoms with Gasteiger partial charge in [-0.1, -0.05) is 18.2 Å². The average molecular weight is 369 g/mol. The molecule has 4 aromatic rings. The molecule has 5 heteroatoms. The molecule has 114 valence electrons. The maximum absolute atomic E-state index is 12.7. The number of furan rings is 1. The fourth-order valence-electron chi connectivity index (χ4n) is 2.78. The van der Waals surface area contributed by atoms with Crippen LogP contribution in [0, 0.1) is 6.92 Å². The second-order valence-electron chi connectivity index (χ2n) is 5.59. The summed E-state index contributed by atoms with van der Waals surface area (Å²) in [6, 6.07) is 13.5. The molecule has 0 saturated heterocycles. The van der Waals surface area contributed by atoms with Gasteiger partial charge in [0.05, 0.1) is 10.9 Å². The lowest BCUT2D eigenvalue weighted by Crippen LogP contribution is -2.20. The van der Waals surface area contributed by atoms with Crippen LogP contribution in [0.5, 0.6) is 0 Å². The Kier molecular flexibility index (Phi) is 3.13. The number of para-hydroxylation sites is 1. The zero-order valence-corrected chi connectivity index (χ0v) is 14.2. The van der Waals surface area contributed by atoms with E-state index in [4.69, 9.17) is 4.42 Å². The molecule has 2 aromatic heterocycles.